The quantitative estimate of drug-likeness (QED) is 0.590. The number of carboxylic acid groups (broad SMARTS) is 1. The molecule has 1 fully saturated rings. The van der Waals surface area contributed by atoms with E-state index in [1.165, 1.54) is 10.4 Å². The Morgan fingerprint density at radius 3 is 2.80 bits per heavy atom. The van der Waals surface area contributed by atoms with Crippen molar-refractivity contribution in [2.24, 2.45) is 5.92 Å². The summed E-state index contributed by atoms with van der Waals surface area (Å²) in [5, 5.41) is 15.8. The van der Waals surface area contributed by atoms with Crippen molar-refractivity contribution in [2.75, 3.05) is 13.1 Å². The summed E-state index contributed by atoms with van der Waals surface area (Å²) >= 11 is 0. The van der Waals surface area contributed by atoms with Gasteiger partial charge in [0.1, 0.15) is 12.4 Å². The number of aromatic nitrogens is 3. The lowest BCUT2D eigenvalue weighted by Gasteiger charge is -2.16. The fraction of sp³-hybridized carbons (Fsp3) is 0.250. The smallest absolute Gasteiger partial charge is 0.307 e. The summed E-state index contributed by atoms with van der Waals surface area (Å²) in [4.78, 5) is 15.6. The number of nitrogens with one attached hydrogen (secondary N) is 1. The minimum absolute atomic E-state index is 0.00720. The lowest BCUT2D eigenvalue weighted by molar-refractivity contribution is -0.141. The van der Waals surface area contributed by atoms with Crippen molar-refractivity contribution >= 4 is 16.0 Å². The second kappa shape index (κ2) is 8.25. The van der Waals surface area contributed by atoms with Gasteiger partial charge in [0.15, 0.2) is 0 Å². The second-order valence-corrected chi connectivity index (χ2v) is 8.91. The van der Waals surface area contributed by atoms with Gasteiger partial charge in [-0.05, 0) is 42.3 Å². The number of H-pyrrole nitrogens is 1. The molecule has 4 rings (SSSR count). The molecule has 0 amide bonds. The number of benzene rings is 1. The van der Waals surface area contributed by atoms with Crippen LogP contribution in [0.3, 0.4) is 0 Å². The topological polar surface area (TPSA) is 125 Å². The molecule has 0 spiro atoms. The van der Waals surface area contributed by atoms with Gasteiger partial charge in [-0.2, -0.15) is 9.40 Å². The van der Waals surface area contributed by atoms with Crippen LogP contribution in [0, 0.1) is 5.92 Å². The second-order valence-electron chi connectivity index (χ2n) is 6.97. The summed E-state index contributed by atoms with van der Waals surface area (Å²) in [7, 11) is -3.75. The van der Waals surface area contributed by atoms with Gasteiger partial charge in [0.05, 0.1) is 28.4 Å². The monoisotopic (exact) mass is 428 g/mol. The molecule has 1 aromatic carbocycles. The first-order chi connectivity index (χ1) is 14.4. The molecular formula is C20H20N4O5S. The largest absolute Gasteiger partial charge is 0.487 e. The van der Waals surface area contributed by atoms with Gasteiger partial charge >= 0.3 is 5.97 Å². The Morgan fingerprint density at radius 2 is 2.13 bits per heavy atom. The van der Waals surface area contributed by atoms with Gasteiger partial charge in [-0.3, -0.25) is 14.9 Å². The molecule has 1 aliphatic heterocycles. The first kappa shape index (κ1) is 20.0. The van der Waals surface area contributed by atoms with E-state index in [4.69, 9.17) is 9.84 Å². The molecule has 2 aromatic heterocycles. The van der Waals surface area contributed by atoms with Crippen LogP contribution in [0.4, 0.5) is 0 Å². The van der Waals surface area contributed by atoms with Gasteiger partial charge in [-0.1, -0.05) is 12.1 Å². The van der Waals surface area contributed by atoms with Crippen molar-refractivity contribution < 1.29 is 23.1 Å². The molecule has 156 valence electrons. The minimum Gasteiger partial charge on any atom is -0.487 e. The molecule has 0 bridgehead atoms. The van der Waals surface area contributed by atoms with E-state index >= 15 is 0 Å². The lowest BCUT2D eigenvalue weighted by atomic mass is 10.1. The van der Waals surface area contributed by atoms with Crippen LogP contribution in [0.1, 0.15) is 12.0 Å². The van der Waals surface area contributed by atoms with Crippen LogP contribution >= 0.6 is 0 Å². The van der Waals surface area contributed by atoms with Crippen LogP contribution < -0.4 is 4.74 Å². The maximum Gasteiger partial charge on any atom is 0.307 e. The van der Waals surface area contributed by atoms with Crippen LogP contribution in [0.25, 0.3) is 11.4 Å². The summed E-state index contributed by atoms with van der Waals surface area (Å²) in [5.41, 5.74) is 2.22. The van der Waals surface area contributed by atoms with Gasteiger partial charge in [0.2, 0.25) is 10.0 Å². The van der Waals surface area contributed by atoms with Gasteiger partial charge in [0.25, 0.3) is 0 Å². The molecule has 10 heteroatoms. The summed E-state index contributed by atoms with van der Waals surface area (Å²) in [6.45, 7) is 0.368. The van der Waals surface area contributed by atoms with E-state index in [1.54, 1.807) is 42.7 Å². The first-order valence-electron chi connectivity index (χ1n) is 9.34. The van der Waals surface area contributed by atoms with Crippen LogP contribution in [-0.4, -0.2) is 52.1 Å². The highest BCUT2D eigenvalue weighted by molar-refractivity contribution is 7.89. The SMILES string of the molecule is O=C(O)C1CCN(S(=O)(=O)c2cccc(COc3ccc(-c4ccn[nH]4)nc3)c2)C1. The number of nitrogens with zero attached hydrogens (tertiary/aromatic N) is 3. The van der Waals surface area contributed by atoms with Gasteiger partial charge in [-0.15, -0.1) is 0 Å². The van der Waals surface area contributed by atoms with E-state index in [9.17, 15) is 13.2 Å². The van der Waals surface area contributed by atoms with Crippen molar-refractivity contribution in [2.45, 2.75) is 17.9 Å². The number of ether oxygens (including phenoxy) is 1. The predicted octanol–water partition coefficient (Wildman–Crippen LogP) is 2.15. The normalized spacial score (nSPS) is 17.1. The van der Waals surface area contributed by atoms with Crippen LogP contribution in [0.15, 0.2) is 59.8 Å². The molecule has 1 saturated heterocycles. The third kappa shape index (κ3) is 4.19. The zero-order valence-electron chi connectivity index (χ0n) is 15.9. The zero-order valence-corrected chi connectivity index (χ0v) is 16.7. The molecular weight excluding hydrogens is 408 g/mol. The molecule has 0 saturated carbocycles. The Labute approximate surface area is 173 Å². The molecule has 1 atom stereocenters. The van der Waals surface area contributed by atoms with Crippen molar-refractivity contribution in [3.63, 3.8) is 0 Å². The number of carboxylic acids is 1. The number of hydrogen-bond acceptors (Lipinski definition) is 6. The lowest BCUT2D eigenvalue weighted by Crippen LogP contribution is -2.30. The highest BCUT2D eigenvalue weighted by atomic mass is 32.2. The highest BCUT2D eigenvalue weighted by Crippen LogP contribution is 2.25. The fourth-order valence-corrected chi connectivity index (χ4v) is 4.85. The Balaban J connectivity index is 1.43. The maximum absolute atomic E-state index is 12.9. The summed E-state index contributed by atoms with van der Waals surface area (Å²) in [6, 6.07) is 11.9. The Hall–Kier alpha value is -3.24. The van der Waals surface area contributed by atoms with Crippen LogP contribution in [0.2, 0.25) is 0 Å². The van der Waals surface area contributed by atoms with Gasteiger partial charge in [0, 0.05) is 19.3 Å². The first-order valence-corrected chi connectivity index (χ1v) is 10.8. The third-order valence-corrected chi connectivity index (χ3v) is 6.82. The summed E-state index contributed by atoms with van der Waals surface area (Å²) in [6.07, 6.45) is 3.55. The summed E-state index contributed by atoms with van der Waals surface area (Å²) in [5.74, 6) is -1.08. The van der Waals surface area contributed by atoms with E-state index in [-0.39, 0.29) is 24.6 Å². The molecule has 3 aromatic rings. The van der Waals surface area contributed by atoms with E-state index in [0.717, 1.165) is 11.4 Å². The van der Waals surface area contributed by atoms with Crippen molar-refractivity contribution in [3.8, 4) is 17.1 Å². The Morgan fingerprint density at radius 1 is 1.27 bits per heavy atom. The van der Waals surface area contributed by atoms with Crippen molar-refractivity contribution in [3.05, 3.63) is 60.4 Å². The highest BCUT2D eigenvalue weighted by Gasteiger charge is 2.35. The molecule has 0 aliphatic carbocycles. The molecule has 0 radical (unpaired) electrons. The molecule has 1 aliphatic rings. The van der Waals surface area contributed by atoms with E-state index in [0.29, 0.717) is 17.7 Å². The van der Waals surface area contributed by atoms with Gasteiger partial charge in [-0.25, -0.2) is 8.42 Å². The van der Waals surface area contributed by atoms with Crippen LogP contribution in [-0.2, 0) is 21.4 Å². The number of pyridine rings is 1. The number of carbonyl (C=O) groups is 1. The number of rotatable bonds is 7. The summed E-state index contributed by atoms with van der Waals surface area (Å²) < 4.78 is 32.7. The number of aliphatic carboxylic acids is 1. The van der Waals surface area contributed by atoms with Crippen molar-refractivity contribution in [1.82, 2.24) is 19.5 Å². The molecule has 2 N–H and O–H groups in total. The van der Waals surface area contributed by atoms with Crippen molar-refractivity contribution in [1.29, 1.82) is 0 Å². The number of aromatic amines is 1. The minimum atomic E-state index is -3.75. The Bertz CT molecular complexity index is 1130. The van der Waals surface area contributed by atoms with E-state index in [2.05, 4.69) is 15.2 Å². The number of sulfonamides is 1. The average molecular weight is 428 g/mol. The fourth-order valence-electron chi connectivity index (χ4n) is 3.28. The average Bonchev–Trinajstić information content (AvgIpc) is 3.45. The number of hydrogen-bond donors (Lipinski definition) is 2. The molecule has 30 heavy (non-hydrogen) atoms. The predicted molar refractivity (Wildman–Crippen MR) is 107 cm³/mol. The third-order valence-electron chi connectivity index (χ3n) is 4.95. The van der Waals surface area contributed by atoms with E-state index < -0.39 is 21.9 Å². The maximum atomic E-state index is 12.9. The molecule has 3 heterocycles. The van der Waals surface area contributed by atoms with E-state index in [1.807, 2.05) is 6.07 Å². The van der Waals surface area contributed by atoms with Gasteiger partial charge < -0.3 is 9.84 Å². The standard InChI is InChI=1S/C20H20N4O5S/c25-20(26)15-7-9-24(12-15)30(27,28)17-3-1-2-14(10-17)13-29-16-4-5-18(21-11-16)19-6-8-22-23-19/h1-6,8,10-11,15H,7,9,12-13H2,(H,22,23)(H,25,26). The molecule has 1 unspecified atom stereocenters. The Kier molecular flexibility index (Phi) is 5.51. The molecule has 9 nitrogen and oxygen atoms in total. The zero-order chi connectivity index (χ0) is 21.1. The van der Waals surface area contributed by atoms with Crippen LogP contribution in [0.5, 0.6) is 5.75 Å².